The number of carbonyl (C=O) groups excluding carboxylic acids is 1. The molecule has 0 saturated heterocycles. The van der Waals surface area contributed by atoms with Gasteiger partial charge in [0.2, 0.25) is 0 Å². The van der Waals surface area contributed by atoms with E-state index in [-0.39, 0.29) is 5.97 Å². The maximum absolute atomic E-state index is 11.0. The molecule has 1 unspecified atom stereocenters. The van der Waals surface area contributed by atoms with Crippen molar-refractivity contribution >= 4 is 5.97 Å². The molecule has 2 heteroatoms. The van der Waals surface area contributed by atoms with E-state index in [0.29, 0.717) is 18.1 Å². The summed E-state index contributed by atoms with van der Waals surface area (Å²) in [6, 6.07) is 0. The van der Waals surface area contributed by atoms with Crippen molar-refractivity contribution in [3.8, 4) is 0 Å². The van der Waals surface area contributed by atoms with Gasteiger partial charge in [-0.05, 0) is 19.3 Å². The van der Waals surface area contributed by atoms with Gasteiger partial charge in [-0.1, -0.05) is 33.3 Å². The normalized spacial score (nSPS) is 12.2. The summed E-state index contributed by atoms with van der Waals surface area (Å²) in [5.74, 6) is 0.239. The lowest BCUT2D eigenvalue weighted by Gasteiger charge is -2.13. The summed E-state index contributed by atoms with van der Waals surface area (Å²) in [5.41, 5.74) is 0.478. The van der Waals surface area contributed by atoms with E-state index in [1.54, 1.807) is 6.92 Å². The molecule has 13 heavy (non-hydrogen) atoms. The third-order valence-electron chi connectivity index (χ3n) is 2.07. The Bertz CT molecular complexity index is 173. The molecule has 0 aromatic rings. The predicted octanol–water partition coefficient (Wildman–Crippen LogP) is 2.93. The van der Waals surface area contributed by atoms with Crippen LogP contribution in [0.5, 0.6) is 0 Å². The molecule has 0 N–H and O–H groups in total. The van der Waals surface area contributed by atoms with Crippen LogP contribution in [0, 0.1) is 5.92 Å². The van der Waals surface area contributed by atoms with Gasteiger partial charge in [0.15, 0.2) is 0 Å². The van der Waals surface area contributed by atoms with Crippen molar-refractivity contribution in [2.24, 2.45) is 5.92 Å². The highest BCUT2D eigenvalue weighted by Crippen LogP contribution is 2.11. The maximum atomic E-state index is 11.0. The molecule has 0 spiro atoms. The Morgan fingerprint density at radius 1 is 1.46 bits per heavy atom. The number of hydrogen-bond donors (Lipinski definition) is 0. The van der Waals surface area contributed by atoms with Gasteiger partial charge in [0.1, 0.15) is 0 Å². The summed E-state index contributed by atoms with van der Waals surface area (Å²) in [7, 11) is 0. The Kier molecular flexibility index (Phi) is 6.29. The summed E-state index contributed by atoms with van der Waals surface area (Å²) >= 11 is 0. The Labute approximate surface area is 81.0 Å². The molecule has 1 atom stereocenters. The maximum Gasteiger partial charge on any atom is 0.333 e. The third kappa shape index (κ3) is 5.45. The molecule has 0 bridgehead atoms. The average Bonchev–Trinajstić information content (AvgIpc) is 2.11. The lowest BCUT2D eigenvalue weighted by molar-refractivity contribution is -0.140. The average molecular weight is 184 g/mol. The first-order valence-electron chi connectivity index (χ1n) is 4.94. The largest absolute Gasteiger partial charge is 0.462 e. The van der Waals surface area contributed by atoms with Gasteiger partial charge >= 0.3 is 5.97 Å². The molecule has 0 aliphatic rings. The van der Waals surface area contributed by atoms with E-state index in [9.17, 15) is 4.79 Å². The van der Waals surface area contributed by atoms with Gasteiger partial charge in [-0.3, -0.25) is 0 Å². The Balaban J connectivity index is 3.71. The van der Waals surface area contributed by atoms with Gasteiger partial charge in [-0.15, -0.1) is 0 Å². The second-order valence-electron chi connectivity index (χ2n) is 3.44. The van der Waals surface area contributed by atoms with Crippen LogP contribution in [0.3, 0.4) is 0 Å². The lowest BCUT2D eigenvalue weighted by Crippen LogP contribution is -2.13. The Hall–Kier alpha value is -0.790. The van der Waals surface area contributed by atoms with E-state index in [4.69, 9.17) is 4.74 Å². The highest BCUT2D eigenvalue weighted by molar-refractivity contribution is 5.86. The van der Waals surface area contributed by atoms with Crippen LogP contribution < -0.4 is 0 Å². The van der Waals surface area contributed by atoms with Crippen molar-refractivity contribution < 1.29 is 9.53 Å². The SMILES string of the molecule is C=C(C)C(=O)OCC(CC)CCC. The Morgan fingerprint density at radius 2 is 2.08 bits per heavy atom. The summed E-state index contributed by atoms with van der Waals surface area (Å²) in [4.78, 5) is 11.0. The van der Waals surface area contributed by atoms with Crippen LogP contribution in [0.4, 0.5) is 0 Å². The van der Waals surface area contributed by atoms with Gasteiger partial charge in [0.25, 0.3) is 0 Å². The fourth-order valence-electron chi connectivity index (χ4n) is 1.13. The quantitative estimate of drug-likeness (QED) is 0.468. The smallest absolute Gasteiger partial charge is 0.333 e. The second-order valence-corrected chi connectivity index (χ2v) is 3.44. The zero-order valence-corrected chi connectivity index (χ0v) is 8.93. The molecule has 0 amide bonds. The summed E-state index contributed by atoms with van der Waals surface area (Å²) in [6.45, 7) is 10.00. The number of esters is 1. The molecule has 0 aromatic heterocycles. The summed E-state index contributed by atoms with van der Waals surface area (Å²) < 4.78 is 5.07. The van der Waals surface area contributed by atoms with E-state index >= 15 is 0 Å². The van der Waals surface area contributed by atoms with Gasteiger partial charge in [-0.25, -0.2) is 4.79 Å². The molecule has 2 nitrogen and oxygen atoms in total. The first kappa shape index (κ1) is 12.2. The fraction of sp³-hybridized carbons (Fsp3) is 0.727. The van der Waals surface area contributed by atoms with Crippen molar-refractivity contribution in [3.05, 3.63) is 12.2 Å². The number of rotatable bonds is 6. The van der Waals surface area contributed by atoms with Crippen LogP contribution in [-0.4, -0.2) is 12.6 Å². The van der Waals surface area contributed by atoms with Crippen molar-refractivity contribution in [2.75, 3.05) is 6.61 Å². The molecule has 0 aliphatic carbocycles. The highest BCUT2D eigenvalue weighted by Gasteiger charge is 2.09. The van der Waals surface area contributed by atoms with Crippen LogP contribution in [0.15, 0.2) is 12.2 Å². The van der Waals surface area contributed by atoms with Gasteiger partial charge in [0, 0.05) is 5.57 Å². The molecule has 76 valence electrons. The van der Waals surface area contributed by atoms with Crippen molar-refractivity contribution in [1.29, 1.82) is 0 Å². The molecule has 0 heterocycles. The van der Waals surface area contributed by atoms with E-state index in [1.807, 2.05) is 0 Å². The standard InChI is InChI=1S/C11H20O2/c1-5-7-10(6-2)8-13-11(12)9(3)4/h10H,3,5-8H2,1-2,4H3. The van der Waals surface area contributed by atoms with Crippen LogP contribution >= 0.6 is 0 Å². The minimum atomic E-state index is -0.269. The topological polar surface area (TPSA) is 26.3 Å². The fourth-order valence-corrected chi connectivity index (χ4v) is 1.13. The first-order chi connectivity index (χ1) is 6.11. The minimum absolute atomic E-state index is 0.269. The monoisotopic (exact) mass is 184 g/mol. The van der Waals surface area contributed by atoms with E-state index in [0.717, 1.165) is 19.3 Å². The van der Waals surface area contributed by atoms with E-state index in [2.05, 4.69) is 20.4 Å². The zero-order chi connectivity index (χ0) is 10.3. The van der Waals surface area contributed by atoms with E-state index in [1.165, 1.54) is 0 Å². The molecule has 0 radical (unpaired) electrons. The zero-order valence-electron chi connectivity index (χ0n) is 8.93. The lowest BCUT2D eigenvalue weighted by atomic mass is 10.0. The summed E-state index contributed by atoms with van der Waals surface area (Å²) in [5, 5.41) is 0. The molecule has 0 aliphatic heterocycles. The van der Waals surface area contributed by atoms with Crippen LogP contribution in [0.2, 0.25) is 0 Å². The molecular weight excluding hydrogens is 164 g/mol. The summed E-state index contributed by atoms with van der Waals surface area (Å²) in [6.07, 6.45) is 3.33. The predicted molar refractivity (Wildman–Crippen MR) is 54.5 cm³/mol. The van der Waals surface area contributed by atoms with Crippen LogP contribution in [0.25, 0.3) is 0 Å². The number of carbonyl (C=O) groups is 1. The molecule has 0 saturated carbocycles. The van der Waals surface area contributed by atoms with Crippen molar-refractivity contribution in [2.45, 2.75) is 40.0 Å². The van der Waals surface area contributed by atoms with Crippen molar-refractivity contribution in [3.63, 3.8) is 0 Å². The number of hydrogen-bond acceptors (Lipinski definition) is 2. The minimum Gasteiger partial charge on any atom is -0.462 e. The Morgan fingerprint density at radius 3 is 2.46 bits per heavy atom. The van der Waals surface area contributed by atoms with Crippen molar-refractivity contribution in [1.82, 2.24) is 0 Å². The van der Waals surface area contributed by atoms with Crippen LogP contribution in [-0.2, 0) is 9.53 Å². The van der Waals surface area contributed by atoms with Gasteiger partial charge < -0.3 is 4.74 Å². The highest BCUT2D eigenvalue weighted by atomic mass is 16.5. The van der Waals surface area contributed by atoms with E-state index < -0.39 is 0 Å². The van der Waals surface area contributed by atoms with Gasteiger partial charge in [0.05, 0.1) is 6.61 Å². The van der Waals surface area contributed by atoms with Crippen LogP contribution in [0.1, 0.15) is 40.0 Å². The molecule has 0 rings (SSSR count). The molecular formula is C11H20O2. The first-order valence-corrected chi connectivity index (χ1v) is 4.94. The van der Waals surface area contributed by atoms with Gasteiger partial charge in [-0.2, -0.15) is 0 Å². The molecule has 0 aromatic carbocycles. The third-order valence-corrected chi connectivity index (χ3v) is 2.07. The number of ether oxygens (including phenoxy) is 1. The molecule has 0 fully saturated rings. The second kappa shape index (κ2) is 6.70.